The van der Waals surface area contributed by atoms with Crippen LogP contribution >= 0.6 is 0 Å². The average molecular weight is 279 g/mol. The largest absolute Gasteiger partial charge is 0.459 e. The van der Waals surface area contributed by atoms with E-state index in [4.69, 9.17) is 17.7 Å². The number of hydrogen-bond acceptors (Lipinski definition) is 4. The molecule has 1 heterocycles. The van der Waals surface area contributed by atoms with Crippen molar-refractivity contribution >= 4 is 36.2 Å². The summed E-state index contributed by atoms with van der Waals surface area (Å²) in [6, 6.07) is 1.15. The zero-order valence-electron chi connectivity index (χ0n) is 9.54. The second-order valence-electron chi connectivity index (χ2n) is 4.13. The van der Waals surface area contributed by atoms with Gasteiger partial charge in [0.2, 0.25) is 26.2 Å². The molecule has 0 aliphatic carbocycles. The van der Waals surface area contributed by atoms with Crippen molar-refractivity contribution in [2.45, 2.75) is 38.5 Å². The molecule has 1 unspecified atom stereocenters. The standard InChI is InChI=1S/C7H18O4Si4/c1-14-7-5-4-6-8-15(2,3)13-11-12-9-10-14/h14H,4-7H2,1-3H3. The van der Waals surface area contributed by atoms with Crippen LogP contribution in [0.15, 0.2) is 0 Å². The van der Waals surface area contributed by atoms with Gasteiger partial charge >= 0.3 is 10.0 Å². The molecule has 1 aliphatic heterocycles. The minimum atomic E-state index is -1.60. The van der Waals surface area contributed by atoms with E-state index in [2.05, 4.69) is 19.6 Å². The molecule has 0 N–H and O–H groups in total. The molecule has 4 nitrogen and oxygen atoms in total. The van der Waals surface area contributed by atoms with Crippen LogP contribution in [0.3, 0.4) is 0 Å². The van der Waals surface area contributed by atoms with Gasteiger partial charge in [0.1, 0.15) is 0 Å². The molecule has 0 aromatic rings. The summed E-state index contributed by atoms with van der Waals surface area (Å²) < 4.78 is 21.7. The Bertz CT molecular complexity index is 164. The Morgan fingerprint density at radius 3 is 2.87 bits per heavy atom. The lowest BCUT2D eigenvalue weighted by Crippen LogP contribution is -2.41. The zero-order valence-corrected chi connectivity index (χ0v) is 13.7. The van der Waals surface area contributed by atoms with E-state index >= 15 is 0 Å². The molecule has 4 radical (unpaired) electrons. The quantitative estimate of drug-likeness (QED) is 0.489. The second kappa shape index (κ2) is 7.12. The van der Waals surface area contributed by atoms with Gasteiger partial charge < -0.3 is 8.54 Å². The molecule has 0 bridgehead atoms. The van der Waals surface area contributed by atoms with E-state index in [1.54, 1.807) is 0 Å². The van der Waals surface area contributed by atoms with Gasteiger partial charge in [0, 0.05) is 6.61 Å². The highest BCUT2D eigenvalue weighted by Crippen LogP contribution is 2.08. The third kappa shape index (κ3) is 6.79. The Balaban J connectivity index is 2.30. The topological polar surface area (TPSA) is 36.9 Å². The zero-order chi connectivity index (χ0) is 11.1. The van der Waals surface area contributed by atoms with E-state index in [9.17, 15) is 0 Å². The third-order valence-corrected chi connectivity index (χ3v) is 9.04. The van der Waals surface area contributed by atoms with E-state index in [1.165, 1.54) is 6.42 Å². The first-order valence-corrected chi connectivity index (χ1v) is 13.3. The minimum absolute atomic E-state index is 0.00970. The van der Waals surface area contributed by atoms with E-state index in [0.29, 0.717) is 9.28 Å². The summed E-state index contributed by atoms with van der Waals surface area (Å²) in [6.07, 6.45) is 2.32. The van der Waals surface area contributed by atoms with Crippen LogP contribution in [0, 0.1) is 0 Å². The molecule has 1 saturated heterocycles. The van der Waals surface area contributed by atoms with E-state index in [-0.39, 0.29) is 10.0 Å². The van der Waals surface area contributed by atoms with Gasteiger partial charge in [-0.15, -0.1) is 0 Å². The van der Waals surface area contributed by atoms with Gasteiger partial charge in [-0.05, 0) is 32.1 Å². The fraction of sp³-hybridized carbons (Fsp3) is 1.00. The summed E-state index contributed by atoms with van der Waals surface area (Å²) in [6.45, 7) is 7.39. The molecule has 8 heteroatoms. The lowest BCUT2D eigenvalue weighted by molar-refractivity contribution is -0.115. The van der Waals surface area contributed by atoms with Crippen molar-refractivity contribution in [2.24, 2.45) is 0 Å². The van der Waals surface area contributed by atoms with E-state index in [1.807, 2.05) is 0 Å². The van der Waals surface area contributed by atoms with Crippen molar-refractivity contribution in [1.29, 1.82) is 0 Å². The van der Waals surface area contributed by atoms with Gasteiger partial charge in [-0.1, -0.05) is 6.42 Å². The van der Waals surface area contributed by atoms with Crippen LogP contribution in [0.5, 0.6) is 0 Å². The first kappa shape index (κ1) is 13.8. The average Bonchev–Trinajstić information content (AvgIpc) is 2.14. The summed E-state index contributed by atoms with van der Waals surface area (Å²) in [5.74, 6) is 0. The van der Waals surface area contributed by atoms with Crippen molar-refractivity contribution in [3.8, 4) is 0 Å². The molecular formula is C7H18O4Si4. The van der Waals surface area contributed by atoms with Gasteiger partial charge in [-0.3, -0.25) is 9.15 Å². The smallest absolute Gasteiger partial charge is 0.433 e. The van der Waals surface area contributed by atoms with Gasteiger partial charge in [-0.2, -0.15) is 0 Å². The van der Waals surface area contributed by atoms with E-state index in [0.717, 1.165) is 19.1 Å². The highest BCUT2D eigenvalue weighted by atomic mass is 29.2. The Morgan fingerprint density at radius 1 is 1.27 bits per heavy atom. The SMILES string of the molecule is C[SiH]1CCCCO[Si](C)(C)[Si]O[Si]OO1. The monoisotopic (exact) mass is 278 g/mol. The van der Waals surface area contributed by atoms with Crippen LogP contribution in [-0.4, -0.2) is 42.8 Å². The van der Waals surface area contributed by atoms with Crippen molar-refractivity contribution < 1.29 is 17.7 Å². The van der Waals surface area contributed by atoms with Crippen molar-refractivity contribution in [3.05, 3.63) is 0 Å². The fourth-order valence-electron chi connectivity index (χ4n) is 1.20. The van der Waals surface area contributed by atoms with Crippen molar-refractivity contribution in [1.82, 2.24) is 0 Å². The maximum Gasteiger partial charge on any atom is 0.459 e. The van der Waals surface area contributed by atoms with Crippen molar-refractivity contribution in [3.63, 3.8) is 0 Å². The summed E-state index contributed by atoms with van der Waals surface area (Å²) in [5.41, 5.74) is 0. The number of rotatable bonds is 0. The van der Waals surface area contributed by atoms with Crippen LogP contribution < -0.4 is 0 Å². The maximum atomic E-state index is 5.89. The van der Waals surface area contributed by atoms with Crippen LogP contribution in [0.25, 0.3) is 0 Å². The predicted molar refractivity (Wildman–Crippen MR) is 65.3 cm³/mol. The highest BCUT2D eigenvalue weighted by Gasteiger charge is 2.25. The molecule has 0 aromatic heterocycles. The maximum absolute atomic E-state index is 5.89. The highest BCUT2D eigenvalue weighted by molar-refractivity contribution is 7.18. The summed E-state index contributed by atoms with van der Waals surface area (Å²) in [4.78, 5) is 0. The van der Waals surface area contributed by atoms with Crippen LogP contribution in [0.1, 0.15) is 12.8 Å². The molecule has 1 aliphatic rings. The Morgan fingerprint density at radius 2 is 2.07 bits per heavy atom. The lowest BCUT2D eigenvalue weighted by atomic mass is 10.4. The van der Waals surface area contributed by atoms with Crippen molar-refractivity contribution in [2.75, 3.05) is 6.61 Å². The third-order valence-electron chi connectivity index (χ3n) is 2.05. The fourth-order valence-corrected chi connectivity index (χ4v) is 8.04. The molecule has 0 spiro atoms. The van der Waals surface area contributed by atoms with Gasteiger partial charge in [0.05, 0.1) is 0 Å². The Labute approximate surface area is 99.2 Å². The Hall–Kier alpha value is 0.708. The Kier molecular flexibility index (Phi) is 6.53. The second-order valence-corrected chi connectivity index (χ2v) is 15.4. The molecule has 1 fully saturated rings. The van der Waals surface area contributed by atoms with Gasteiger partial charge in [0.25, 0.3) is 0 Å². The van der Waals surface area contributed by atoms with Crippen LogP contribution in [-0.2, 0) is 17.7 Å². The molecule has 1 rings (SSSR count). The number of hydrogen-bond donors (Lipinski definition) is 0. The molecule has 0 amide bonds. The summed E-state index contributed by atoms with van der Waals surface area (Å²) in [5, 5.41) is 0. The normalized spacial score (nSPS) is 30.2. The molecule has 0 saturated carbocycles. The molecule has 15 heavy (non-hydrogen) atoms. The van der Waals surface area contributed by atoms with Crippen LogP contribution in [0.4, 0.5) is 0 Å². The molecule has 1 atom stereocenters. The van der Waals surface area contributed by atoms with E-state index < -0.39 is 16.9 Å². The van der Waals surface area contributed by atoms with Gasteiger partial charge in [-0.25, -0.2) is 0 Å². The lowest BCUT2D eigenvalue weighted by Gasteiger charge is -2.22. The molecule has 86 valence electrons. The summed E-state index contributed by atoms with van der Waals surface area (Å²) in [7, 11) is -2.27. The van der Waals surface area contributed by atoms with Gasteiger partial charge in [0.15, 0.2) is 0 Å². The summed E-state index contributed by atoms with van der Waals surface area (Å²) >= 11 is 0. The minimum Gasteiger partial charge on any atom is -0.433 e. The first-order valence-electron chi connectivity index (χ1n) is 5.24. The molecular weight excluding hydrogens is 260 g/mol. The molecule has 0 aromatic carbocycles. The van der Waals surface area contributed by atoms with Crippen LogP contribution in [0.2, 0.25) is 25.7 Å². The predicted octanol–water partition coefficient (Wildman–Crippen LogP) is 0.970. The first-order chi connectivity index (χ1) is 7.10.